The Kier molecular flexibility index (Phi) is 4.43. The molecule has 1 atom stereocenters. The van der Waals surface area contributed by atoms with Gasteiger partial charge in [-0.2, -0.15) is 11.3 Å². The number of hydrogen-bond acceptors (Lipinski definition) is 5. The van der Waals surface area contributed by atoms with Crippen molar-refractivity contribution in [1.82, 2.24) is 5.32 Å². The van der Waals surface area contributed by atoms with Gasteiger partial charge in [-0.15, -0.1) is 22.7 Å². The molecule has 1 aromatic carbocycles. The van der Waals surface area contributed by atoms with Crippen LogP contribution in [0.25, 0.3) is 10.1 Å². The summed E-state index contributed by atoms with van der Waals surface area (Å²) in [5, 5.41) is 21.0. The van der Waals surface area contributed by atoms with E-state index in [0.29, 0.717) is 4.88 Å². The van der Waals surface area contributed by atoms with Gasteiger partial charge in [0, 0.05) is 15.1 Å². The minimum absolute atomic E-state index is 0.136. The molecular weight excluding hydrogens is 370 g/mol. The third-order valence-electron chi connectivity index (χ3n) is 4.08. The molecule has 0 aliphatic rings. The van der Waals surface area contributed by atoms with Gasteiger partial charge in [0.25, 0.3) is 5.91 Å². The molecule has 1 amide bonds. The molecule has 0 bridgehead atoms. The van der Waals surface area contributed by atoms with E-state index in [-0.39, 0.29) is 12.5 Å². The van der Waals surface area contributed by atoms with Crippen LogP contribution in [0, 0.1) is 0 Å². The van der Waals surface area contributed by atoms with E-state index >= 15 is 0 Å². The third-order valence-corrected chi connectivity index (χ3v) is 6.90. The lowest BCUT2D eigenvalue weighted by atomic mass is 9.94. The van der Waals surface area contributed by atoms with Gasteiger partial charge in [0.15, 0.2) is 0 Å². The van der Waals surface area contributed by atoms with E-state index in [0.717, 1.165) is 20.5 Å². The summed E-state index contributed by atoms with van der Waals surface area (Å²) < 4.78 is 1.08. The molecule has 3 heterocycles. The smallest absolute Gasteiger partial charge is 0.261 e. The molecule has 0 radical (unpaired) electrons. The largest absolute Gasteiger partial charge is 0.378 e. The second kappa shape index (κ2) is 6.72. The molecule has 0 fully saturated rings. The number of fused-ring (bicyclic) bond motifs is 1. The van der Waals surface area contributed by atoms with Crippen molar-refractivity contribution in [2.75, 3.05) is 6.54 Å². The van der Waals surface area contributed by atoms with Gasteiger partial charge in [-0.25, -0.2) is 0 Å². The van der Waals surface area contributed by atoms with Crippen LogP contribution < -0.4 is 5.32 Å². The highest BCUT2D eigenvalue weighted by atomic mass is 32.1. The number of benzene rings is 1. The van der Waals surface area contributed by atoms with Crippen LogP contribution in [0.5, 0.6) is 0 Å². The maximum Gasteiger partial charge on any atom is 0.261 e. The van der Waals surface area contributed by atoms with Crippen molar-refractivity contribution in [3.05, 3.63) is 80.0 Å². The van der Waals surface area contributed by atoms with Crippen molar-refractivity contribution in [3.8, 4) is 0 Å². The molecule has 126 valence electrons. The van der Waals surface area contributed by atoms with Crippen molar-refractivity contribution in [1.29, 1.82) is 0 Å². The van der Waals surface area contributed by atoms with Crippen LogP contribution in [0.3, 0.4) is 0 Å². The van der Waals surface area contributed by atoms with E-state index in [1.807, 2.05) is 64.7 Å². The summed E-state index contributed by atoms with van der Waals surface area (Å²) in [5.74, 6) is -0.161. The molecule has 4 aromatic rings. The summed E-state index contributed by atoms with van der Waals surface area (Å²) in [6.45, 7) is 0.136. The first-order valence-electron chi connectivity index (χ1n) is 7.73. The highest BCUT2D eigenvalue weighted by Gasteiger charge is 2.33. The molecule has 25 heavy (non-hydrogen) atoms. The van der Waals surface area contributed by atoms with Crippen LogP contribution in [0.15, 0.2) is 64.7 Å². The fourth-order valence-electron chi connectivity index (χ4n) is 2.73. The molecule has 0 spiro atoms. The Morgan fingerprint density at radius 3 is 2.72 bits per heavy atom. The molecular formula is C19H15NO2S3. The number of amides is 1. The maximum absolute atomic E-state index is 12.6. The van der Waals surface area contributed by atoms with Crippen molar-refractivity contribution in [3.63, 3.8) is 0 Å². The quantitative estimate of drug-likeness (QED) is 0.524. The van der Waals surface area contributed by atoms with Gasteiger partial charge in [0.2, 0.25) is 0 Å². The van der Waals surface area contributed by atoms with Crippen molar-refractivity contribution in [2.24, 2.45) is 0 Å². The molecule has 0 unspecified atom stereocenters. The standard InChI is InChI=1S/C19H15NO2S3/c21-18(16-10-13-4-1-2-5-15(13)25-16)20-12-19(22,14-7-9-23-11-14)17-6-3-8-24-17/h1-11,22H,12H2,(H,20,21)/t19-/m0/s1. The number of carbonyl (C=O) groups excluding carboxylic acids is 1. The molecule has 0 aliphatic heterocycles. The molecule has 0 saturated carbocycles. The normalized spacial score (nSPS) is 13.6. The number of carbonyl (C=O) groups is 1. The van der Waals surface area contributed by atoms with Gasteiger partial charge in [0.05, 0.1) is 11.4 Å². The van der Waals surface area contributed by atoms with Crippen molar-refractivity contribution >= 4 is 50.0 Å². The Bertz CT molecular complexity index is 920. The van der Waals surface area contributed by atoms with Gasteiger partial charge in [0.1, 0.15) is 5.60 Å². The van der Waals surface area contributed by atoms with E-state index in [4.69, 9.17) is 0 Å². The lowest BCUT2D eigenvalue weighted by molar-refractivity contribution is 0.0723. The van der Waals surface area contributed by atoms with E-state index < -0.39 is 5.60 Å². The van der Waals surface area contributed by atoms with Crippen LogP contribution in [0.2, 0.25) is 0 Å². The molecule has 0 aliphatic carbocycles. The molecule has 3 nitrogen and oxygen atoms in total. The monoisotopic (exact) mass is 385 g/mol. The fourth-order valence-corrected chi connectivity index (χ4v) is 5.28. The second-order valence-electron chi connectivity index (χ2n) is 5.68. The van der Waals surface area contributed by atoms with Crippen molar-refractivity contribution < 1.29 is 9.90 Å². The zero-order valence-corrected chi connectivity index (χ0v) is 15.6. The Hall–Kier alpha value is -1.99. The zero-order chi connectivity index (χ0) is 17.3. The van der Waals surface area contributed by atoms with E-state index in [9.17, 15) is 9.90 Å². The van der Waals surface area contributed by atoms with Gasteiger partial charge in [-0.3, -0.25) is 4.79 Å². The summed E-state index contributed by atoms with van der Waals surface area (Å²) in [7, 11) is 0. The van der Waals surface area contributed by atoms with Gasteiger partial charge >= 0.3 is 0 Å². The SMILES string of the molecule is O=C(NC[C@](O)(c1ccsc1)c1cccs1)c1cc2ccccc2s1. The second-order valence-corrected chi connectivity index (χ2v) is 8.49. The first-order valence-corrected chi connectivity index (χ1v) is 10.4. The fraction of sp³-hybridized carbons (Fsp3) is 0.105. The average molecular weight is 386 g/mol. The molecule has 0 saturated heterocycles. The predicted octanol–water partition coefficient (Wildman–Crippen LogP) is 4.69. The van der Waals surface area contributed by atoms with Crippen LogP contribution >= 0.6 is 34.0 Å². The van der Waals surface area contributed by atoms with Gasteiger partial charge in [-0.05, 0) is 45.8 Å². The van der Waals surface area contributed by atoms with Crippen LogP contribution in [0.1, 0.15) is 20.1 Å². The number of hydrogen-bond donors (Lipinski definition) is 2. The van der Waals surface area contributed by atoms with Crippen LogP contribution in [-0.4, -0.2) is 17.6 Å². The zero-order valence-electron chi connectivity index (χ0n) is 13.1. The summed E-state index contributed by atoms with van der Waals surface area (Å²) in [5.41, 5.74) is -0.405. The topological polar surface area (TPSA) is 49.3 Å². The molecule has 6 heteroatoms. The number of rotatable bonds is 5. The minimum Gasteiger partial charge on any atom is -0.378 e. The Morgan fingerprint density at radius 2 is 2.00 bits per heavy atom. The van der Waals surface area contributed by atoms with Crippen LogP contribution in [-0.2, 0) is 5.60 Å². The van der Waals surface area contributed by atoms with Gasteiger partial charge in [-0.1, -0.05) is 24.3 Å². The lowest BCUT2D eigenvalue weighted by Gasteiger charge is -2.26. The highest BCUT2D eigenvalue weighted by Crippen LogP contribution is 2.34. The maximum atomic E-state index is 12.6. The van der Waals surface area contributed by atoms with Crippen LogP contribution in [0.4, 0.5) is 0 Å². The Balaban J connectivity index is 1.58. The predicted molar refractivity (Wildman–Crippen MR) is 106 cm³/mol. The first-order chi connectivity index (χ1) is 12.2. The summed E-state index contributed by atoms with van der Waals surface area (Å²) in [6, 6.07) is 15.5. The Labute approximate surface area is 157 Å². The lowest BCUT2D eigenvalue weighted by Crippen LogP contribution is -2.40. The first kappa shape index (κ1) is 16.5. The van der Waals surface area contributed by atoms with Crippen molar-refractivity contribution in [2.45, 2.75) is 5.60 Å². The average Bonchev–Trinajstić information content (AvgIpc) is 3.40. The molecule has 3 aromatic heterocycles. The van der Waals surface area contributed by atoms with E-state index in [1.165, 1.54) is 34.0 Å². The summed E-state index contributed by atoms with van der Waals surface area (Å²) in [4.78, 5) is 14.1. The Morgan fingerprint density at radius 1 is 1.12 bits per heavy atom. The van der Waals surface area contributed by atoms with Gasteiger partial charge < -0.3 is 10.4 Å². The minimum atomic E-state index is -1.21. The number of thiophene rings is 3. The molecule has 2 N–H and O–H groups in total. The highest BCUT2D eigenvalue weighted by molar-refractivity contribution is 7.20. The molecule has 4 rings (SSSR count). The summed E-state index contributed by atoms with van der Waals surface area (Å²) in [6.07, 6.45) is 0. The third kappa shape index (κ3) is 3.14. The van der Waals surface area contributed by atoms with E-state index in [1.54, 1.807) is 0 Å². The number of nitrogens with one attached hydrogen (secondary N) is 1. The number of aliphatic hydroxyl groups is 1. The summed E-state index contributed by atoms with van der Waals surface area (Å²) >= 11 is 4.48. The van der Waals surface area contributed by atoms with E-state index in [2.05, 4.69) is 5.32 Å².